The summed E-state index contributed by atoms with van der Waals surface area (Å²) in [5.41, 5.74) is 0.728. The van der Waals surface area contributed by atoms with E-state index in [0.29, 0.717) is 24.5 Å². The Morgan fingerprint density at radius 1 is 0.852 bits per heavy atom. The maximum Gasteiger partial charge on any atom is 0.335 e. The van der Waals surface area contributed by atoms with Gasteiger partial charge in [0.1, 0.15) is 5.75 Å². The molecule has 0 saturated heterocycles. The van der Waals surface area contributed by atoms with E-state index in [4.69, 9.17) is 14.6 Å². The van der Waals surface area contributed by atoms with E-state index in [1.54, 1.807) is 31.2 Å². The highest BCUT2D eigenvalue weighted by Crippen LogP contribution is 2.14. The first kappa shape index (κ1) is 22.7. The smallest absolute Gasteiger partial charge is 0.335 e. The van der Waals surface area contributed by atoms with Crippen LogP contribution in [0.2, 0.25) is 0 Å². The SMILES string of the molecule is C=C(C)C(=O)OCCCCCCCCCCCOc1ccc(C(=O)O)cc1. The van der Waals surface area contributed by atoms with Crippen molar-refractivity contribution in [2.75, 3.05) is 13.2 Å². The zero-order chi connectivity index (χ0) is 19.9. The number of hydrogen-bond donors (Lipinski definition) is 1. The Morgan fingerprint density at radius 3 is 1.81 bits per heavy atom. The number of carboxylic acids is 1. The van der Waals surface area contributed by atoms with Crippen molar-refractivity contribution in [1.82, 2.24) is 0 Å². The summed E-state index contributed by atoms with van der Waals surface area (Å²) < 4.78 is 10.7. The zero-order valence-electron chi connectivity index (χ0n) is 16.4. The summed E-state index contributed by atoms with van der Waals surface area (Å²) in [5.74, 6) is -0.502. The Balaban J connectivity index is 1.87. The fourth-order valence-electron chi connectivity index (χ4n) is 2.61. The van der Waals surface area contributed by atoms with Crippen LogP contribution in [0.25, 0.3) is 0 Å². The van der Waals surface area contributed by atoms with Gasteiger partial charge in [0, 0.05) is 5.57 Å². The molecule has 0 saturated carbocycles. The quantitative estimate of drug-likeness (QED) is 0.252. The zero-order valence-corrected chi connectivity index (χ0v) is 16.4. The number of aromatic carboxylic acids is 1. The van der Waals surface area contributed by atoms with Crippen LogP contribution < -0.4 is 4.74 Å². The van der Waals surface area contributed by atoms with Gasteiger partial charge in [-0.3, -0.25) is 0 Å². The average molecular weight is 376 g/mol. The summed E-state index contributed by atoms with van der Waals surface area (Å²) >= 11 is 0. The molecule has 1 N–H and O–H groups in total. The van der Waals surface area contributed by atoms with Gasteiger partial charge in [-0.25, -0.2) is 9.59 Å². The first-order chi connectivity index (χ1) is 13.0. The van der Waals surface area contributed by atoms with Gasteiger partial charge in [-0.05, 0) is 44.0 Å². The molecule has 150 valence electrons. The Kier molecular flexibility index (Phi) is 11.7. The molecule has 0 amide bonds. The van der Waals surface area contributed by atoms with Gasteiger partial charge in [0.05, 0.1) is 18.8 Å². The fourth-order valence-corrected chi connectivity index (χ4v) is 2.61. The molecule has 0 aliphatic heterocycles. The molecule has 0 unspecified atom stereocenters. The van der Waals surface area contributed by atoms with Gasteiger partial charge in [0.2, 0.25) is 0 Å². The molecule has 0 atom stereocenters. The van der Waals surface area contributed by atoms with Crippen LogP contribution in [0.5, 0.6) is 5.75 Å². The van der Waals surface area contributed by atoms with E-state index in [9.17, 15) is 9.59 Å². The topological polar surface area (TPSA) is 72.8 Å². The lowest BCUT2D eigenvalue weighted by atomic mass is 10.1. The number of carbonyl (C=O) groups is 2. The molecule has 0 radical (unpaired) electrons. The second-order valence-electron chi connectivity index (χ2n) is 6.78. The lowest BCUT2D eigenvalue weighted by Gasteiger charge is -2.06. The van der Waals surface area contributed by atoms with Crippen molar-refractivity contribution in [3.63, 3.8) is 0 Å². The molecule has 0 spiro atoms. The number of carbonyl (C=O) groups excluding carboxylic acids is 1. The molecule has 0 fully saturated rings. The number of ether oxygens (including phenoxy) is 2. The minimum Gasteiger partial charge on any atom is -0.494 e. The third kappa shape index (κ3) is 11.1. The van der Waals surface area contributed by atoms with Crippen LogP contribution in [0, 0.1) is 0 Å². The largest absolute Gasteiger partial charge is 0.494 e. The maximum atomic E-state index is 11.2. The third-order valence-corrected chi connectivity index (χ3v) is 4.24. The van der Waals surface area contributed by atoms with Crippen LogP contribution in [0.4, 0.5) is 0 Å². The Morgan fingerprint density at radius 2 is 1.33 bits per heavy atom. The van der Waals surface area contributed by atoms with Gasteiger partial charge < -0.3 is 14.6 Å². The lowest BCUT2D eigenvalue weighted by molar-refractivity contribution is -0.139. The van der Waals surface area contributed by atoms with E-state index < -0.39 is 5.97 Å². The highest BCUT2D eigenvalue weighted by molar-refractivity contribution is 5.87. The highest BCUT2D eigenvalue weighted by atomic mass is 16.5. The summed E-state index contributed by atoms with van der Waals surface area (Å²) in [6.45, 7) is 6.37. The number of unbranched alkanes of at least 4 members (excludes halogenated alkanes) is 8. The van der Waals surface area contributed by atoms with Gasteiger partial charge in [-0.15, -0.1) is 0 Å². The monoisotopic (exact) mass is 376 g/mol. The van der Waals surface area contributed by atoms with Crippen molar-refractivity contribution < 1.29 is 24.2 Å². The maximum absolute atomic E-state index is 11.2. The van der Waals surface area contributed by atoms with Crippen molar-refractivity contribution in [2.45, 2.75) is 64.7 Å². The van der Waals surface area contributed by atoms with Crippen LogP contribution in [0.15, 0.2) is 36.4 Å². The molecular weight excluding hydrogens is 344 g/mol. The van der Waals surface area contributed by atoms with Crippen LogP contribution in [0.1, 0.15) is 75.1 Å². The number of hydrogen-bond acceptors (Lipinski definition) is 4. The first-order valence-corrected chi connectivity index (χ1v) is 9.79. The second kappa shape index (κ2) is 13.8. The van der Waals surface area contributed by atoms with Crippen molar-refractivity contribution in [2.24, 2.45) is 0 Å². The summed E-state index contributed by atoms with van der Waals surface area (Å²) in [4.78, 5) is 22.0. The molecule has 0 bridgehead atoms. The normalized spacial score (nSPS) is 10.4. The minimum atomic E-state index is -0.923. The van der Waals surface area contributed by atoms with E-state index in [1.165, 1.54) is 32.1 Å². The molecule has 0 aromatic heterocycles. The predicted octanol–water partition coefficient (Wildman–Crippen LogP) is 5.39. The van der Waals surface area contributed by atoms with E-state index >= 15 is 0 Å². The molecule has 5 nitrogen and oxygen atoms in total. The predicted molar refractivity (Wildman–Crippen MR) is 106 cm³/mol. The van der Waals surface area contributed by atoms with Crippen LogP contribution in [0.3, 0.4) is 0 Å². The van der Waals surface area contributed by atoms with Crippen molar-refractivity contribution in [1.29, 1.82) is 0 Å². The summed E-state index contributed by atoms with van der Waals surface area (Å²) in [7, 11) is 0. The van der Waals surface area contributed by atoms with Crippen LogP contribution >= 0.6 is 0 Å². The molecule has 1 aromatic carbocycles. The average Bonchev–Trinajstić information content (AvgIpc) is 2.65. The number of rotatable bonds is 15. The summed E-state index contributed by atoms with van der Waals surface area (Å²) in [6.07, 6.45) is 10.3. The molecule has 1 rings (SSSR count). The number of esters is 1. The highest BCUT2D eigenvalue weighted by Gasteiger charge is 2.03. The number of benzene rings is 1. The molecule has 5 heteroatoms. The van der Waals surface area contributed by atoms with Gasteiger partial charge >= 0.3 is 11.9 Å². The Bertz CT molecular complexity index is 577. The summed E-state index contributed by atoms with van der Waals surface area (Å²) in [5, 5.41) is 8.84. The lowest BCUT2D eigenvalue weighted by Crippen LogP contribution is -2.05. The summed E-state index contributed by atoms with van der Waals surface area (Å²) in [6, 6.07) is 6.51. The Labute approximate surface area is 162 Å². The molecule has 0 aliphatic carbocycles. The standard InChI is InChI=1S/C22H32O5/c1-18(2)22(25)27-17-11-9-7-5-3-4-6-8-10-16-26-20-14-12-19(13-15-20)21(23)24/h12-15H,1,3-11,16-17H2,2H3,(H,23,24). The molecule has 1 aromatic rings. The molecule has 0 aliphatic rings. The van der Waals surface area contributed by atoms with Gasteiger partial charge in [0.25, 0.3) is 0 Å². The fraction of sp³-hybridized carbons (Fsp3) is 0.545. The van der Waals surface area contributed by atoms with Crippen LogP contribution in [-0.4, -0.2) is 30.3 Å². The van der Waals surface area contributed by atoms with E-state index in [2.05, 4.69) is 6.58 Å². The van der Waals surface area contributed by atoms with Gasteiger partial charge in [-0.2, -0.15) is 0 Å². The van der Waals surface area contributed by atoms with Crippen molar-refractivity contribution in [3.05, 3.63) is 42.0 Å². The second-order valence-corrected chi connectivity index (χ2v) is 6.78. The van der Waals surface area contributed by atoms with E-state index in [-0.39, 0.29) is 11.5 Å². The third-order valence-electron chi connectivity index (χ3n) is 4.24. The van der Waals surface area contributed by atoms with Gasteiger partial charge in [0.15, 0.2) is 0 Å². The van der Waals surface area contributed by atoms with Crippen molar-refractivity contribution in [3.8, 4) is 5.75 Å². The van der Waals surface area contributed by atoms with E-state index in [1.807, 2.05) is 0 Å². The minimum absolute atomic E-state index is 0.273. The Hall–Kier alpha value is -2.30. The van der Waals surface area contributed by atoms with Crippen LogP contribution in [-0.2, 0) is 9.53 Å². The molecule has 0 heterocycles. The van der Waals surface area contributed by atoms with E-state index in [0.717, 1.165) is 25.7 Å². The molecular formula is C22H32O5. The van der Waals surface area contributed by atoms with Gasteiger partial charge in [-0.1, -0.05) is 51.5 Å². The molecule has 27 heavy (non-hydrogen) atoms. The number of carboxylic acid groups (broad SMARTS) is 1. The first-order valence-electron chi connectivity index (χ1n) is 9.79. The van der Waals surface area contributed by atoms with Crippen molar-refractivity contribution >= 4 is 11.9 Å².